The number of pyridine rings is 1. The van der Waals surface area contributed by atoms with Gasteiger partial charge in [-0.05, 0) is 17.7 Å². The molecule has 0 radical (unpaired) electrons. The van der Waals surface area contributed by atoms with E-state index in [1.807, 2.05) is 24.3 Å². The monoisotopic (exact) mass is 203 g/mol. The molecule has 0 aromatic carbocycles. The van der Waals surface area contributed by atoms with Crippen LogP contribution in [-0.4, -0.2) is 27.4 Å². The summed E-state index contributed by atoms with van der Waals surface area (Å²) < 4.78 is 0. The van der Waals surface area contributed by atoms with Crippen molar-refractivity contribution in [2.45, 2.75) is 18.6 Å². The molecule has 2 unspecified atom stereocenters. The van der Waals surface area contributed by atoms with Gasteiger partial charge in [0.05, 0.1) is 0 Å². The lowest BCUT2D eigenvalue weighted by Gasteiger charge is -2.20. The summed E-state index contributed by atoms with van der Waals surface area (Å²) in [6.45, 7) is 0. The van der Waals surface area contributed by atoms with Gasteiger partial charge in [-0.1, -0.05) is 24.3 Å². The molecule has 0 saturated carbocycles. The minimum atomic E-state index is -0.808. The Bertz CT molecular complexity index is 384. The summed E-state index contributed by atoms with van der Waals surface area (Å²) in [4.78, 5) is 4.17. The van der Waals surface area contributed by atoms with E-state index in [2.05, 4.69) is 4.98 Å². The van der Waals surface area contributed by atoms with E-state index in [0.717, 1.165) is 11.3 Å². The number of allylic oxidation sites excluding steroid dienone is 2. The van der Waals surface area contributed by atoms with Crippen molar-refractivity contribution in [2.75, 3.05) is 0 Å². The molecule has 0 fully saturated rings. The van der Waals surface area contributed by atoms with E-state index >= 15 is 0 Å². The molecule has 1 heterocycles. The molecule has 1 aromatic rings. The van der Waals surface area contributed by atoms with Gasteiger partial charge in [-0.15, -0.1) is 0 Å². The Morgan fingerprint density at radius 2 is 2.13 bits per heavy atom. The molecule has 1 aliphatic rings. The van der Waals surface area contributed by atoms with Crippen LogP contribution in [0, 0.1) is 0 Å². The Balaban J connectivity index is 2.13. The van der Waals surface area contributed by atoms with Crippen molar-refractivity contribution in [3.63, 3.8) is 0 Å². The summed E-state index contributed by atoms with van der Waals surface area (Å²) in [5.74, 6) is 0. The van der Waals surface area contributed by atoms with Crippen LogP contribution in [0.4, 0.5) is 0 Å². The molecular weight excluding hydrogens is 190 g/mol. The van der Waals surface area contributed by atoms with E-state index < -0.39 is 12.2 Å². The predicted molar refractivity (Wildman–Crippen MR) is 57.2 cm³/mol. The van der Waals surface area contributed by atoms with Crippen LogP contribution in [0.5, 0.6) is 0 Å². The average molecular weight is 203 g/mol. The van der Waals surface area contributed by atoms with Crippen LogP contribution >= 0.6 is 0 Å². The molecule has 1 aromatic heterocycles. The van der Waals surface area contributed by atoms with Crippen molar-refractivity contribution in [1.29, 1.82) is 0 Å². The molecule has 0 saturated heterocycles. The molecular formula is C12H13NO2. The fourth-order valence-corrected chi connectivity index (χ4v) is 1.59. The molecule has 2 atom stereocenters. The zero-order chi connectivity index (χ0) is 10.7. The van der Waals surface area contributed by atoms with E-state index in [0.29, 0.717) is 6.42 Å². The Morgan fingerprint density at radius 3 is 2.87 bits per heavy atom. The lowest BCUT2D eigenvalue weighted by atomic mass is 9.95. The van der Waals surface area contributed by atoms with Crippen molar-refractivity contribution in [3.05, 3.63) is 53.9 Å². The van der Waals surface area contributed by atoms with Gasteiger partial charge in [0, 0.05) is 18.3 Å². The van der Waals surface area contributed by atoms with Gasteiger partial charge in [-0.2, -0.15) is 0 Å². The minimum Gasteiger partial charge on any atom is -0.386 e. The number of aliphatic hydroxyl groups is 2. The van der Waals surface area contributed by atoms with Crippen molar-refractivity contribution in [3.8, 4) is 0 Å². The van der Waals surface area contributed by atoms with Gasteiger partial charge in [0.2, 0.25) is 0 Å². The summed E-state index contributed by atoms with van der Waals surface area (Å²) in [7, 11) is 0. The lowest BCUT2D eigenvalue weighted by molar-refractivity contribution is 0.0699. The maximum absolute atomic E-state index is 9.70. The lowest BCUT2D eigenvalue weighted by Crippen LogP contribution is -2.28. The fourth-order valence-electron chi connectivity index (χ4n) is 1.59. The quantitative estimate of drug-likeness (QED) is 0.749. The largest absolute Gasteiger partial charge is 0.386 e. The Labute approximate surface area is 88.4 Å². The Hall–Kier alpha value is -1.45. The Kier molecular flexibility index (Phi) is 2.94. The standard InChI is InChI=1S/C12H13NO2/c14-11-6-3-4-9(12(11)15)8-10-5-1-2-7-13-10/h1-7,11-12,14-15H,8H2. The molecule has 0 aliphatic heterocycles. The maximum atomic E-state index is 9.70. The van der Waals surface area contributed by atoms with Gasteiger partial charge in [0.15, 0.2) is 0 Å². The number of hydrogen-bond acceptors (Lipinski definition) is 3. The molecule has 15 heavy (non-hydrogen) atoms. The first-order chi connectivity index (χ1) is 7.27. The maximum Gasteiger partial charge on any atom is 0.105 e. The molecule has 1 aliphatic carbocycles. The molecule has 2 rings (SSSR count). The summed E-state index contributed by atoms with van der Waals surface area (Å²) >= 11 is 0. The third-order valence-electron chi connectivity index (χ3n) is 2.43. The number of aliphatic hydroxyl groups excluding tert-OH is 2. The predicted octanol–water partition coefficient (Wildman–Crippen LogP) is 0.842. The van der Waals surface area contributed by atoms with Crippen LogP contribution in [0.25, 0.3) is 0 Å². The van der Waals surface area contributed by atoms with E-state index in [4.69, 9.17) is 0 Å². The first-order valence-electron chi connectivity index (χ1n) is 4.90. The summed E-state index contributed by atoms with van der Waals surface area (Å²) in [5, 5.41) is 19.1. The van der Waals surface area contributed by atoms with Crippen molar-refractivity contribution >= 4 is 0 Å². The smallest absolute Gasteiger partial charge is 0.105 e. The third kappa shape index (κ3) is 2.32. The topological polar surface area (TPSA) is 53.4 Å². The fraction of sp³-hybridized carbons (Fsp3) is 0.250. The highest BCUT2D eigenvalue weighted by Gasteiger charge is 2.20. The van der Waals surface area contributed by atoms with Gasteiger partial charge in [-0.25, -0.2) is 0 Å². The SMILES string of the molecule is OC1C=CC=C(Cc2ccccn2)C1O. The molecule has 78 valence electrons. The molecule has 3 nitrogen and oxygen atoms in total. The molecule has 3 heteroatoms. The third-order valence-corrected chi connectivity index (χ3v) is 2.43. The average Bonchev–Trinajstić information content (AvgIpc) is 2.26. The summed E-state index contributed by atoms with van der Waals surface area (Å²) in [5.41, 5.74) is 1.69. The summed E-state index contributed by atoms with van der Waals surface area (Å²) in [6, 6.07) is 5.66. The number of nitrogens with zero attached hydrogens (tertiary/aromatic N) is 1. The number of hydrogen-bond donors (Lipinski definition) is 2. The highest BCUT2D eigenvalue weighted by atomic mass is 16.3. The number of aromatic nitrogens is 1. The van der Waals surface area contributed by atoms with E-state index in [9.17, 15) is 10.2 Å². The van der Waals surface area contributed by atoms with Gasteiger partial charge in [-0.3, -0.25) is 4.98 Å². The van der Waals surface area contributed by atoms with Gasteiger partial charge >= 0.3 is 0 Å². The molecule has 0 amide bonds. The zero-order valence-corrected chi connectivity index (χ0v) is 8.24. The van der Waals surface area contributed by atoms with Gasteiger partial charge < -0.3 is 10.2 Å². The number of rotatable bonds is 2. The van der Waals surface area contributed by atoms with Gasteiger partial charge in [0.25, 0.3) is 0 Å². The Morgan fingerprint density at radius 1 is 1.27 bits per heavy atom. The zero-order valence-electron chi connectivity index (χ0n) is 8.24. The van der Waals surface area contributed by atoms with Crippen LogP contribution in [0.2, 0.25) is 0 Å². The second-order valence-corrected chi connectivity index (χ2v) is 3.56. The van der Waals surface area contributed by atoms with Crippen LogP contribution in [0.3, 0.4) is 0 Å². The van der Waals surface area contributed by atoms with Crippen molar-refractivity contribution in [2.24, 2.45) is 0 Å². The second-order valence-electron chi connectivity index (χ2n) is 3.56. The highest BCUT2D eigenvalue weighted by Crippen LogP contribution is 2.17. The highest BCUT2D eigenvalue weighted by molar-refractivity contribution is 5.28. The van der Waals surface area contributed by atoms with Crippen molar-refractivity contribution < 1.29 is 10.2 Å². The first-order valence-corrected chi connectivity index (χ1v) is 4.90. The van der Waals surface area contributed by atoms with E-state index in [1.165, 1.54) is 0 Å². The van der Waals surface area contributed by atoms with Crippen LogP contribution < -0.4 is 0 Å². The van der Waals surface area contributed by atoms with E-state index in [1.54, 1.807) is 18.3 Å². The minimum absolute atomic E-state index is 0.573. The van der Waals surface area contributed by atoms with Crippen LogP contribution in [0.1, 0.15) is 5.69 Å². The molecule has 0 bridgehead atoms. The normalized spacial score (nSPS) is 25.1. The van der Waals surface area contributed by atoms with E-state index in [-0.39, 0.29) is 0 Å². The first kappa shape index (κ1) is 10.1. The molecule has 0 spiro atoms. The van der Waals surface area contributed by atoms with Crippen LogP contribution in [0.15, 0.2) is 48.2 Å². The molecule has 2 N–H and O–H groups in total. The summed E-state index contributed by atoms with van der Waals surface area (Å²) in [6.07, 6.45) is 5.85. The van der Waals surface area contributed by atoms with Crippen molar-refractivity contribution in [1.82, 2.24) is 4.98 Å². The van der Waals surface area contributed by atoms with Crippen LogP contribution in [-0.2, 0) is 6.42 Å². The second kappa shape index (κ2) is 4.38. The van der Waals surface area contributed by atoms with Gasteiger partial charge in [0.1, 0.15) is 12.2 Å².